The maximum atomic E-state index is 13.8. The van der Waals surface area contributed by atoms with Crippen LogP contribution in [-0.4, -0.2) is 6.61 Å². The molecular weight excluding hydrogens is 272 g/mol. The van der Waals surface area contributed by atoms with Crippen LogP contribution < -0.4 is 10.1 Å². The van der Waals surface area contributed by atoms with E-state index in [0.717, 1.165) is 23.1 Å². The lowest BCUT2D eigenvalue weighted by Gasteiger charge is -2.18. The summed E-state index contributed by atoms with van der Waals surface area (Å²) in [6, 6.07) is 9.53. The summed E-state index contributed by atoms with van der Waals surface area (Å²) in [4.78, 5) is 0. The first-order valence-corrected chi connectivity index (χ1v) is 6.96. The zero-order chi connectivity index (χ0) is 15.4. The van der Waals surface area contributed by atoms with Gasteiger partial charge in [0.2, 0.25) is 0 Å². The zero-order valence-corrected chi connectivity index (χ0v) is 12.4. The van der Waals surface area contributed by atoms with Gasteiger partial charge in [-0.3, -0.25) is 0 Å². The molecule has 1 N–H and O–H groups in total. The molecule has 0 fully saturated rings. The summed E-state index contributed by atoms with van der Waals surface area (Å²) in [6.45, 7) is 6.28. The van der Waals surface area contributed by atoms with Gasteiger partial charge in [0.25, 0.3) is 0 Å². The molecule has 112 valence electrons. The fraction of sp³-hybridized carbons (Fsp3) is 0.294. The van der Waals surface area contributed by atoms with E-state index >= 15 is 0 Å². The Morgan fingerprint density at radius 1 is 1.19 bits per heavy atom. The van der Waals surface area contributed by atoms with Gasteiger partial charge >= 0.3 is 0 Å². The molecule has 0 saturated carbocycles. The summed E-state index contributed by atoms with van der Waals surface area (Å²) in [5.74, 6) is -0.837. The number of halogens is 2. The average molecular weight is 291 g/mol. The Bertz CT molecular complexity index is 628. The summed E-state index contributed by atoms with van der Waals surface area (Å²) >= 11 is 0. The van der Waals surface area contributed by atoms with Gasteiger partial charge in [0.05, 0.1) is 12.6 Å². The van der Waals surface area contributed by atoms with E-state index in [9.17, 15) is 8.78 Å². The number of benzene rings is 2. The highest BCUT2D eigenvalue weighted by Gasteiger charge is 2.14. The van der Waals surface area contributed by atoms with Crippen LogP contribution in [0.2, 0.25) is 0 Å². The molecule has 0 aliphatic carbocycles. The highest BCUT2D eigenvalue weighted by atomic mass is 19.2. The Balaban J connectivity index is 2.19. The predicted octanol–water partition coefficient (Wildman–Crippen LogP) is 4.85. The standard InChI is InChI=1S/C17H19F2NO/c1-4-21-13-8-9-16(11(2)10-13)20-12(3)14-6-5-7-15(18)17(14)19/h5-10,12,20H,4H2,1-3H3. The quantitative estimate of drug-likeness (QED) is 0.850. The summed E-state index contributed by atoms with van der Waals surface area (Å²) in [7, 11) is 0. The van der Waals surface area contributed by atoms with Crippen molar-refractivity contribution in [1.29, 1.82) is 0 Å². The van der Waals surface area contributed by atoms with E-state index in [2.05, 4.69) is 5.32 Å². The highest BCUT2D eigenvalue weighted by Crippen LogP contribution is 2.27. The number of nitrogens with one attached hydrogen (secondary N) is 1. The van der Waals surface area contributed by atoms with Gasteiger partial charge in [-0.2, -0.15) is 0 Å². The average Bonchev–Trinajstić information content (AvgIpc) is 2.45. The van der Waals surface area contributed by atoms with Crippen LogP contribution in [0.25, 0.3) is 0 Å². The molecule has 0 aliphatic rings. The molecule has 1 unspecified atom stereocenters. The number of aryl methyl sites for hydroxylation is 1. The van der Waals surface area contributed by atoms with E-state index in [0.29, 0.717) is 12.2 Å². The van der Waals surface area contributed by atoms with E-state index in [4.69, 9.17) is 4.74 Å². The molecule has 0 bridgehead atoms. The van der Waals surface area contributed by atoms with Gasteiger partial charge in [-0.25, -0.2) is 8.78 Å². The topological polar surface area (TPSA) is 21.3 Å². The van der Waals surface area contributed by atoms with Gasteiger partial charge in [0, 0.05) is 11.3 Å². The second-order valence-electron chi connectivity index (χ2n) is 4.92. The van der Waals surface area contributed by atoms with E-state index in [-0.39, 0.29) is 6.04 Å². The Morgan fingerprint density at radius 2 is 1.95 bits per heavy atom. The third kappa shape index (κ3) is 3.51. The van der Waals surface area contributed by atoms with Crippen molar-refractivity contribution in [1.82, 2.24) is 0 Å². The lowest BCUT2D eigenvalue weighted by atomic mass is 10.1. The Labute approximate surface area is 123 Å². The number of ether oxygens (including phenoxy) is 1. The normalized spacial score (nSPS) is 12.0. The lowest BCUT2D eigenvalue weighted by Crippen LogP contribution is -2.10. The Hall–Kier alpha value is -2.10. The van der Waals surface area contributed by atoms with Gasteiger partial charge < -0.3 is 10.1 Å². The molecule has 2 nitrogen and oxygen atoms in total. The van der Waals surface area contributed by atoms with Gasteiger partial charge in [-0.15, -0.1) is 0 Å². The first-order chi connectivity index (χ1) is 10.0. The van der Waals surface area contributed by atoms with Crippen LogP contribution in [0.3, 0.4) is 0 Å². The fourth-order valence-electron chi connectivity index (χ4n) is 2.22. The number of hydrogen-bond acceptors (Lipinski definition) is 2. The van der Waals surface area contributed by atoms with Crippen molar-refractivity contribution in [3.05, 3.63) is 59.2 Å². The van der Waals surface area contributed by atoms with Gasteiger partial charge in [0.15, 0.2) is 11.6 Å². The molecule has 0 saturated heterocycles. The van der Waals surface area contributed by atoms with Gasteiger partial charge in [-0.05, 0) is 50.6 Å². The monoisotopic (exact) mass is 291 g/mol. The minimum absolute atomic E-state index is 0.309. The summed E-state index contributed by atoms with van der Waals surface area (Å²) < 4.78 is 32.5. The molecule has 0 amide bonds. The van der Waals surface area contributed by atoms with Crippen molar-refractivity contribution in [2.75, 3.05) is 11.9 Å². The molecule has 0 spiro atoms. The smallest absolute Gasteiger partial charge is 0.164 e. The maximum absolute atomic E-state index is 13.8. The largest absolute Gasteiger partial charge is 0.494 e. The van der Waals surface area contributed by atoms with Crippen molar-refractivity contribution >= 4 is 5.69 Å². The summed E-state index contributed by atoms with van der Waals surface area (Å²) in [5, 5.41) is 3.20. The van der Waals surface area contributed by atoms with Crippen LogP contribution in [-0.2, 0) is 0 Å². The fourth-order valence-corrected chi connectivity index (χ4v) is 2.22. The summed E-state index contributed by atoms with van der Waals surface area (Å²) in [6.07, 6.45) is 0. The molecule has 0 aromatic heterocycles. The highest BCUT2D eigenvalue weighted by molar-refractivity contribution is 5.54. The zero-order valence-electron chi connectivity index (χ0n) is 12.4. The minimum atomic E-state index is -0.829. The molecule has 2 aromatic rings. The third-order valence-electron chi connectivity index (χ3n) is 3.33. The second kappa shape index (κ2) is 6.57. The van der Waals surface area contributed by atoms with E-state index < -0.39 is 11.6 Å². The molecule has 21 heavy (non-hydrogen) atoms. The summed E-state index contributed by atoms with van der Waals surface area (Å²) in [5.41, 5.74) is 2.17. The van der Waals surface area contributed by atoms with Crippen molar-refractivity contribution in [2.45, 2.75) is 26.8 Å². The second-order valence-corrected chi connectivity index (χ2v) is 4.92. The Kier molecular flexibility index (Phi) is 4.78. The van der Waals surface area contributed by atoms with Crippen LogP contribution in [0, 0.1) is 18.6 Å². The molecule has 2 aromatic carbocycles. The first kappa shape index (κ1) is 15.3. The van der Waals surface area contributed by atoms with E-state index in [1.807, 2.05) is 32.0 Å². The number of anilines is 1. The molecule has 0 aliphatic heterocycles. The molecule has 2 rings (SSSR count). The third-order valence-corrected chi connectivity index (χ3v) is 3.33. The number of hydrogen-bond donors (Lipinski definition) is 1. The molecule has 4 heteroatoms. The number of rotatable bonds is 5. The van der Waals surface area contributed by atoms with E-state index in [1.54, 1.807) is 13.0 Å². The van der Waals surface area contributed by atoms with Crippen LogP contribution in [0.5, 0.6) is 5.75 Å². The Morgan fingerprint density at radius 3 is 2.62 bits per heavy atom. The van der Waals surface area contributed by atoms with E-state index in [1.165, 1.54) is 6.07 Å². The van der Waals surface area contributed by atoms with Crippen LogP contribution in [0.4, 0.5) is 14.5 Å². The first-order valence-electron chi connectivity index (χ1n) is 6.96. The van der Waals surface area contributed by atoms with Crippen molar-refractivity contribution in [3.63, 3.8) is 0 Å². The van der Waals surface area contributed by atoms with Crippen LogP contribution in [0.1, 0.15) is 31.0 Å². The molecular formula is C17H19F2NO. The predicted molar refractivity (Wildman–Crippen MR) is 80.7 cm³/mol. The van der Waals surface area contributed by atoms with Crippen LogP contribution >= 0.6 is 0 Å². The minimum Gasteiger partial charge on any atom is -0.494 e. The van der Waals surface area contributed by atoms with Crippen LogP contribution in [0.15, 0.2) is 36.4 Å². The lowest BCUT2D eigenvalue weighted by molar-refractivity contribution is 0.340. The molecule has 1 atom stereocenters. The SMILES string of the molecule is CCOc1ccc(NC(C)c2cccc(F)c2F)c(C)c1. The molecule has 0 heterocycles. The molecule has 0 radical (unpaired) electrons. The maximum Gasteiger partial charge on any atom is 0.164 e. The van der Waals surface area contributed by atoms with Gasteiger partial charge in [-0.1, -0.05) is 12.1 Å². The van der Waals surface area contributed by atoms with Crippen molar-refractivity contribution < 1.29 is 13.5 Å². The van der Waals surface area contributed by atoms with Crippen molar-refractivity contribution in [3.8, 4) is 5.75 Å². The van der Waals surface area contributed by atoms with Gasteiger partial charge in [0.1, 0.15) is 5.75 Å². The van der Waals surface area contributed by atoms with Crippen molar-refractivity contribution in [2.24, 2.45) is 0 Å².